The number of carbonyl (C=O) groups excluding carboxylic acids is 1. The number of carbonyl (C=O) groups is 1. The smallest absolute Gasteiger partial charge is 0.289 e. The molecule has 7 nitrogen and oxygen atoms in total. The summed E-state index contributed by atoms with van der Waals surface area (Å²) in [6.07, 6.45) is -0.398. The molecule has 0 radical (unpaired) electrons. The average Bonchev–Trinajstić information content (AvgIpc) is 3.15. The molecule has 0 aromatic carbocycles. The van der Waals surface area contributed by atoms with Crippen LogP contribution in [0.1, 0.15) is 59.5 Å². The number of amides is 1. The van der Waals surface area contributed by atoms with Crippen LogP contribution >= 0.6 is 0 Å². The number of aromatic nitrogens is 2. The molecule has 2 aromatic rings. The third-order valence-corrected chi connectivity index (χ3v) is 3.96. The fourth-order valence-electron chi connectivity index (χ4n) is 2.43. The molecule has 0 unspecified atom stereocenters. The van der Waals surface area contributed by atoms with Gasteiger partial charge < -0.3 is 18.5 Å². The van der Waals surface area contributed by atoms with Crippen molar-refractivity contribution in [2.75, 3.05) is 19.7 Å². The van der Waals surface area contributed by atoms with E-state index in [1.165, 1.54) is 0 Å². The summed E-state index contributed by atoms with van der Waals surface area (Å²) in [5.74, 6) is 2.12. The standard InChI is InChI=1S/C16H21N3O4/c1-9(2)14-17-18-15(23-14)13-8-19(5-6-21-13)16(20)12-7-10(3)11(4)22-12/h7,9,13H,5-6,8H2,1-4H3/t13-/m1/s1. The van der Waals surface area contributed by atoms with Crippen LogP contribution in [0.5, 0.6) is 0 Å². The molecule has 1 saturated heterocycles. The van der Waals surface area contributed by atoms with Crippen LogP contribution in [0, 0.1) is 13.8 Å². The Labute approximate surface area is 134 Å². The van der Waals surface area contributed by atoms with Gasteiger partial charge in [0.15, 0.2) is 11.9 Å². The predicted octanol–water partition coefficient (Wildman–Crippen LogP) is 2.62. The van der Waals surface area contributed by atoms with Gasteiger partial charge in [0.05, 0.1) is 13.2 Å². The van der Waals surface area contributed by atoms with E-state index < -0.39 is 6.10 Å². The number of nitrogens with zero attached hydrogens (tertiary/aromatic N) is 3. The zero-order valence-corrected chi connectivity index (χ0v) is 13.8. The third-order valence-electron chi connectivity index (χ3n) is 3.96. The average molecular weight is 319 g/mol. The summed E-state index contributed by atoms with van der Waals surface area (Å²) in [6, 6.07) is 1.77. The van der Waals surface area contributed by atoms with Crippen LogP contribution in [0.3, 0.4) is 0 Å². The van der Waals surface area contributed by atoms with Crippen molar-refractivity contribution in [3.05, 3.63) is 34.9 Å². The minimum absolute atomic E-state index is 0.141. The molecule has 1 aliphatic rings. The van der Waals surface area contributed by atoms with Crippen LogP contribution in [0.4, 0.5) is 0 Å². The Morgan fingerprint density at radius 1 is 1.30 bits per heavy atom. The van der Waals surface area contributed by atoms with Crippen LogP contribution in [0.25, 0.3) is 0 Å². The van der Waals surface area contributed by atoms with Gasteiger partial charge >= 0.3 is 0 Å². The lowest BCUT2D eigenvalue weighted by atomic mass is 10.2. The first kappa shape index (κ1) is 15.7. The molecule has 124 valence electrons. The van der Waals surface area contributed by atoms with E-state index in [0.717, 1.165) is 11.3 Å². The predicted molar refractivity (Wildman–Crippen MR) is 81.2 cm³/mol. The molecule has 0 N–H and O–H groups in total. The Morgan fingerprint density at radius 2 is 2.09 bits per heavy atom. The maximum atomic E-state index is 12.6. The van der Waals surface area contributed by atoms with Crippen LogP contribution in [0.2, 0.25) is 0 Å². The van der Waals surface area contributed by atoms with E-state index in [-0.39, 0.29) is 11.8 Å². The molecule has 1 aliphatic heterocycles. The van der Waals surface area contributed by atoms with Gasteiger partial charge in [-0.05, 0) is 25.5 Å². The van der Waals surface area contributed by atoms with Crippen molar-refractivity contribution in [2.24, 2.45) is 0 Å². The fourth-order valence-corrected chi connectivity index (χ4v) is 2.43. The first-order chi connectivity index (χ1) is 11.0. The van der Waals surface area contributed by atoms with Gasteiger partial charge in [-0.2, -0.15) is 0 Å². The van der Waals surface area contributed by atoms with E-state index in [4.69, 9.17) is 13.6 Å². The quantitative estimate of drug-likeness (QED) is 0.865. The Bertz CT molecular complexity index is 684. The summed E-state index contributed by atoms with van der Waals surface area (Å²) in [5, 5.41) is 8.06. The first-order valence-electron chi connectivity index (χ1n) is 7.77. The largest absolute Gasteiger partial charge is 0.456 e. The van der Waals surface area contributed by atoms with Crippen molar-refractivity contribution in [3.8, 4) is 0 Å². The highest BCUT2D eigenvalue weighted by Crippen LogP contribution is 2.25. The first-order valence-corrected chi connectivity index (χ1v) is 7.77. The summed E-state index contributed by atoms with van der Waals surface area (Å²) in [7, 11) is 0. The molecule has 1 amide bonds. The molecule has 7 heteroatoms. The zero-order valence-electron chi connectivity index (χ0n) is 13.8. The van der Waals surface area contributed by atoms with Gasteiger partial charge in [0.25, 0.3) is 5.91 Å². The van der Waals surface area contributed by atoms with E-state index in [0.29, 0.717) is 37.2 Å². The molecule has 2 aromatic heterocycles. The van der Waals surface area contributed by atoms with E-state index in [1.807, 2.05) is 27.7 Å². The van der Waals surface area contributed by atoms with Crippen molar-refractivity contribution in [2.45, 2.75) is 39.7 Å². The topological polar surface area (TPSA) is 81.6 Å². The van der Waals surface area contributed by atoms with Crippen LogP contribution in [0.15, 0.2) is 14.9 Å². The van der Waals surface area contributed by atoms with Crippen LogP contribution < -0.4 is 0 Å². The lowest BCUT2D eigenvalue weighted by molar-refractivity contribution is -0.0359. The number of hydrogen-bond acceptors (Lipinski definition) is 6. The Kier molecular flexibility index (Phi) is 4.21. The maximum Gasteiger partial charge on any atom is 0.289 e. The highest BCUT2D eigenvalue weighted by Gasteiger charge is 2.31. The van der Waals surface area contributed by atoms with Crippen molar-refractivity contribution >= 4 is 5.91 Å². The summed E-state index contributed by atoms with van der Waals surface area (Å²) >= 11 is 0. The van der Waals surface area contributed by atoms with Crippen molar-refractivity contribution in [3.63, 3.8) is 0 Å². The molecule has 0 bridgehead atoms. The van der Waals surface area contributed by atoms with E-state index >= 15 is 0 Å². The molecule has 0 aliphatic carbocycles. The van der Waals surface area contributed by atoms with Gasteiger partial charge in [-0.3, -0.25) is 4.79 Å². The minimum atomic E-state index is -0.398. The highest BCUT2D eigenvalue weighted by molar-refractivity contribution is 5.91. The van der Waals surface area contributed by atoms with Gasteiger partial charge in [0.1, 0.15) is 5.76 Å². The third kappa shape index (κ3) is 3.14. The second kappa shape index (κ2) is 6.16. The minimum Gasteiger partial charge on any atom is -0.456 e. The number of aryl methyl sites for hydroxylation is 2. The molecule has 0 saturated carbocycles. The summed E-state index contributed by atoms with van der Waals surface area (Å²) < 4.78 is 16.8. The molecule has 23 heavy (non-hydrogen) atoms. The monoisotopic (exact) mass is 319 g/mol. The van der Waals surface area contributed by atoms with Crippen LogP contribution in [-0.4, -0.2) is 40.7 Å². The molecular formula is C16H21N3O4. The van der Waals surface area contributed by atoms with Gasteiger partial charge in [0, 0.05) is 12.5 Å². The van der Waals surface area contributed by atoms with Gasteiger partial charge in [-0.15, -0.1) is 10.2 Å². The number of hydrogen-bond donors (Lipinski definition) is 0. The van der Waals surface area contributed by atoms with Gasteiger partial charge in [-0.25, -0.2) is 0 Å². The lowest BCUT2D eigenvalue weighted by Gasteiger charge is -2.30. The Hall–Kier alpha value is -2.15. The highest BCUT2D eigenvalue weighted by atomic mass is 16.5. The van der Waals surface area contributed by atoms with Gasteiger partial charge in [-0.1, -0.05) is 13.8 Å². The van der Waals surface area contributed by atoms with Crippen LogP contribution in [-0.2, 0) is 4.74 Å². The van der Waals surface area contributed by atoms with E-state index in [1.54, 1.807) is 11.0 Å². The Balaban J connectivity index is 1.73. The molecule has 1 atom stereocenters. The van der Waals surface area contributed by atoms with Gasteiger partial charge in [0.2, 0.25) is 11.8 Å². The Morgan fingerprint density at radius 3 is 2.70 bits per heavy atom. The maximum absolute atomic E-state index is 12.6. The number of furan rings is 1. The second-order valence-electron chi connectivity index (χ2n) is 6.09. The summed E-state index contributed by atoms with van der Waals surface area (Å²) in [6.45, 7) is 9.04. The fraction of sp³-hybridized carbons (Fsp3) is 0.562. The molecule has 3 rings (SSSR count). The molecule has 1 fully saturated rings. The number of ether oxygens (including phenoxy) is 1. The number of rotatable bonds is 3. The lowest BCUT2D eigenvalue weighted by Crippen LogP contribution is -2.42. The van der Waals surface area contributed by atoms with Crippen molar-refractivity contribution in [1.82, 2.24) is 15.1 Å². The number of morpholine rings is 1. The molecular weight excluding hydrogens is 298 g/mol. The van der Waals surface area contributed by atoms with Crippen molar-refractivity contribution < 1.29 is 18.4 Å². The van der Waals surface area contributed by atoms with E-state index in [9.17, 15) is 4.79 Å². The SMILES string of the molecule is Cc1cc(C(=O)N2CCO[C@@H](c3nnc(C(C)C)o3)C2)oc1C. The summed E-state index contributed by atoms with van der Waals surface area (Å²) in [5.41, 5.74) is 0.969. The molecule has 0 spiro atoms. The molecule has 3 heterocycles. The normalized spacial score (nSPS) is 18.7. The summed E-state index contributed by atoms with van der Waals surface area (Å²) in [4.78, 5) is 14.3. The zero-order chi connectivity index (χ0) is 16.6. The second-order valence-corrected chi connectivity index (χ2v) is 6.09. The van der Waals surface area contributed by atoms with E-state index in [2.05, 4.69) is 10.2 Å². The van der Waals surface area contributed by atoms with Crippen molar-refractivity contribution in [1.29, 1.82) is 0 Å².